The van der Waals surface area contributed by atoms with Gasteiger partial charge in [0.15, 0.2) is 0 Å². The first-order chi connectivity index (χ1) is 7.03. The van der Waals surface area contributed by atoms with Crippen LogP contribution in [0.25, 0.3) is 0 Å². The summed E-state index contributed by atoms with van der Waals surface area (Å²) in [5.74, 6) is 0.933. The number of hydrogen-bond acceptors (Lipinski definition) is 2. The molecule has 0 radical (unpaired) electrons. The molecule has 0 saturated carbocycles. The van der Waals surface area contributed by atoms with E-state index in [0.717, 1.165) is 30.9 Å². The maximum Gasteiger partial charge on any atom is 0.140 e. The van der Waals surface area contributed by atoms with Crippen molar-refractivity contribution in [2.24, 2.45) is 10.4 Å². The molecule has 0 saturated heterocycles. The van der Waals surface area contributed by atoms with E-state index in [4.69, 9.17) is 4.74 Å². The lowest BCUT2D eigenvalue weighted by molar-refractivity contribution is 0.257. The fourth-order valence-corrected chi connectivity index (χ4v) is 1.32. The highest BCUT2D eigenvalue weighted by molar-refractivity contribution is 5.60. The highest BCUT2D eigenvalue weighted by Gasteiger charge is 2.13. The maximum atomic E-state index is 5.47. The lowest BCUT2D eigenvalue weighted by Gasteiger charge is -2.13. The van der Waals surface area contributed by atoms with Crippen LogP contribution in [-0.2, 0) is 4.74 Å². The van der Waals surface area contributed by atoms with Crippen LogP contribution in [0.15, 0.2) is 28.6 Å². The van der Waals surface area contributed by atoms with Crippen molar-refractivity contribution in [2.45, 2.75) is 40.5 Å². The van der Waals surface area contributed by atoms with Crippen LogP contribution in [0, 0.1) is 5.41 Å². The molecule has 1 rings (SSSR count). The van der Waals surface area contributed by atoms with Gasteiger partial charge in [-0.15, -0.1) is 0 Å². The Labute approximate surface area is 92.7 Å². The van der Waals surface area contributed by atoms with Crippen LogP contribution in [0.5, 0.6) is 0 Å². The molecule has 0 aliphatic carbocycles. The van der Waals surface area contributed by atoms with Gasteiger partial charge in [0.05, 0.1) is 12.3 Å². The molecule has 15 heavy (non-hydrogen) atoms. The Hall–Kier alpha value is -1.05. The highest BCUT2D eigenvalue weighted by atomic mass is 16.5. The van der Waals surface area contributed by atoms with E-state index in [0.29, 0.717) is 5.41 Å². The average Bonchev–Trinajstić information content (AvgIpc) is 2.51. The SMILES string of the molecule is C/C=C\C1=C(N=CCC(C)(C)C)CCO1. The number of rotatable bonds is 3. The lowest BCUT2D eigenvalue weighted by atomic mass is 9.93. The standard InChI is InChI=1S/C13H21NO/c1-5-6-12-11(7-10-15-12)14-9-8-13(2,3)4/h5-6,9H,7-8,10H2,1-4H3/b6-5-,14-9?. The molecule has 0 aromatic rings. The predicted molar refractivity (Wildman–Crippen MR) is 65.0 cm³/mol. The molecule has 0 unspecified atom stereocenters. The molecule has 0 spiro atoms. The molecule has 0 N–H and O–H groups in total. The van der Waals surface area contributed by atoms with Crippen LogP contribution in [-0.4, -0.2) is 12.8 Å². The molecule has 0 atom stereocenters. The van der Waals surface area contributed by atoms with Crippen LogP contribution < -0.4 is 0 Å². The van der Waals surface area contributed by atoms with E-state index in [1.165, 1.54) is 0 Å². The second kappa shape index (κ2) is 5.15. The quantitative estimate of drug-likeness (QED) is 0.647. The van der Waals surface area contributed by atoms with Gasteiger partial charge in [-0.25, -0.2) is 0 Å². The molecule has 1 heterocycles. The minimum Gasteiger partial charge on any atom is -0.491 e. The van der Waals surface area contributed by atoms with E-state index < -0.39 is 0 Å². The molecule has 1 aliphatic heterocycles. The van der Waals surface area contributed by atoms with Gasteiger partial charge in [0, 0.05) is 12.6 Å². The Bertz CT molecular complexity index is 292. The summed E-state index contributed by atoms with van der Waals surface area (Å²) < 4.78 is 5.47. The van der Waals surface area contributed by atoms with Crippen molar-refractivity contribution >= 4 is 6.21 Å². The van der Waals surface area contributed by atoms with Crippen molar-refractivity contribution in [1.82, 2.24) is 0 Å². The van der Waals surface area contributed by atoms with Gasteiger partial charge in [0.25, 0.3) is 0 Å². The Balaban J connectivity index is 2.60. The van der Waals surface area contributed by atoms with Crippen molar-refractivity contribution in [3.8, 4) is 0 Å². The molecular formula is C13H21NO. The van der Waals surface area contributed by atoms with Crippen LogP contribution >= 0.6 is 0 Å². The maximum absolute atomic E-state index is 5.47. The average molecular weight is 207 g/mol. The molecule has 0 aromatic carbocycles. The monoisotopic (exact) mass is 207 g/mol. The van der Waals surface area contributed by atoms with Gasteiger partial charge in [-0.2, -0.15) is 0 Å². The zero-order valence-corrected chi connectivity index (χ0v) is 10.2. The summed E-state index contributed by atoms with van der Waals surface area (Å²) in [5, 5.41) is 0. The third-order valence-corrected chi connectivity index (χ3v) is 2.15. The fraction of sp³-hybridized carbons (Fsp3) is 0.615. The summed E-state index contributed by atoms with van der Waals surface area (Å²) in [4.78, 5) is 4.49. The van der Waals surface area contributed by atoms with Gasteiger partial charge >= 0.3 is 0 Å². The van der Waals surface area contributed by atoms with E-state index in [9.17, 15) is 0 Å². The number of aliphatic imine (C=N–C) groups is 1. The predicted octanol–water partition coefficient (Wildman–Crippen LogP) is 3.70. The van der Waals surface area contributed by atoms with Crippen molar-refractivity contribution in [3.05, 3.63) is 23.6 Å². The van der Waals surface area contributed by atoms with Crippen molar-refractivity contribution in [2.75, 3.05) is 6.61 Å². The van der Waals surface area contributed by atoms with E-state index in [1.54, 1.807) is 0 Å². The summed E-state index contributed by atoms with van der Waals surface area (Å²) in [6.07, 6.45) is 7.91. The van der Waals surface area contributed by atoms with Gasteiger partial charge < -0.3 is 4.74 Å². The molecule has 0 bridgehead atoms. The Morgan fingerprint density at radius 2 is 2.13 bits per heavy atom. The van der Waals surface area contributed by atoms with Crippen molar-refractivity contribution in [1.29, 1.82) is 0 Å². The van der Waals surface area contributed by atoms with Crippen LogP contribution in [0.3, 0.4) is 0 Å². The van der Waals surface area contributed by atoms with Crippen LogP contribution in [0.4, 0.5) is 0 Å². The van der Waals surface area contributed by atoms with E-state index in [-0.39, 0.29) is 0 Å². The van der Waals surface area contributed by atoms with E-state index in [1.807, 2.05) is 25.3 Å². The van der Waals surface area contributed by atoms with Gasteiger partial charge in [0.1, 0.15) is 5.76 Å². The Morgan fingerprint density at radius 3 is 2.73 bits per heavy atom. The Morgan fingerprint density at radius 1 is 1.40 bits per heavy atom. The molecule has 2 heteroatoms. The minimum absolute atomic E-state index is 0.310. The first-order valence-electron chi connectivity index (χ1n) is 5.54. The normalized spacial score (nSPS) is 18.1. The van der Waals surface area contributed by atoms with Crippen LogP contribution in [0.1, 0.15) is 40.5 Å². The number of nitrogens with zero attached hydrogens (tertiary/aromatic N) is 1. The molecule has 1 aliphatic rings. The first-order valence-corrected chi connectivity index (χ1v) is 5.54. The summed E-state index contributed by atoms with van der Waals surface area (Å²) in [7, 11) is 0. The molecule has 0 amide bonds. The lowest BCUT2D eigenvalue weighted by Crippen LogP contribution is -2.04. The first kappa shape index (κ1) is 12.0. The third-order valence-electron chi connectivity index (χ3n) is 2.15. The molecular weight excluding hydrogens is 186 g/mol. The highest BCUT2D eigenvalue weighted by Crippen LogP contribution is 2.22. The smallest absolute Gasteiger partial charge is 0.140 e. The topological polar surface area (TPSA) is 21.6 Å². The van der Waals surface area contributed by atoms with Crippen LogP contribution in [0.2, 0.25) is 0 Å². The zero-order chi connectivity index (χ0) is 11.3. The van der Waals surface area contributed by atoms with E-state index >= 15 is 0 Å². The molecule has 0 fully saturated rings. The van der Waals surface area contributed by atoms with Gasteiger partial charge in [0.2, 0.25) is 0 Å². The van der Waals surface area contributed by atoms with Gasteiger partial charge in [-0.1, -0.05) is 26.8 Å². The number of ether oxygens (including phenoxy) is 1. The molecule has 0 aromatic heterocycles. The van der Waals surface area contributed by atoms with Crippen molar-refractivity contribution < 1.29 is 4.74 Å². The Kier molecular flexibility index (Phi) is 4.13. The minimum atomic E-state index is 0.310. The van der Waals surface area contributed by atoms with Gasteiger partial charge in [-0.05, 0) is 24.8 Å². The second-order valence-corrected chi connectivity index (χ2v) is 4.99. The summed E-state index contributed by atoms with van der Waals surface area (Å²) in [6.45, 7) is 9.40. The van der Waals surface area contributed by atoms with E-state index in [2.05, 4.69) is 25.8 Å². The summed E-state index contributed by atoms with van der Waals surface area (Å²) in [5.41, 5.74) is 1.39. The van der Waals surface area contributed by atoms with Crippen molar-refractivity contribution in [3.63, 3.8) is 0 Å². The summed E-state index contributed by atoms with van der Waals surface area (Å²) >= 11 is 0. The largest absolute Gasteiger partial charge is 0.491 e. The van der Waals surface area contributed by atoms with Gasteiger partial charge in [-0.3, -0.25) is 4.99 Å². The zero-order valence-electron chi connectivity index (χ0n) is 10.2. The second-order valence-electron chi connectivity index (χ2n) is 4.99. The molecule has 84 valence electrons. The third kappa shape index (κ3) is 4.32. The number of hydrogen-bond donors (Lipinski definition) is 0. The fourth-order valence-electron chi connectivity index (χ4n) is 1.32. The summed E-state index contributed by atoms with van der Waals surface area (Å²) in [6, 6.07) is 0. The molecule has 2 nitrogen and oxygen atoms in total. The number of allylic oxidation sites excluding steroid dienone is 2.